The minimum Gasteiger partial charge on any atom is -0.480 e. The molecule has 0 unspecified atom stereocenters. The van der Waals surface area contributed by atoms with Crippen LogP contribution in [0.4, 0.5) is 0 Å². The van der Waals surface area contributed by atoms with Crippen molar-refractivity contribution < 1.29 is 9.90 Å². The van der Waals surface area contributed by atoms with Gasteiger partial charge >= 0.3 is 5.97 Å². The van der Waals surface area contributed by atoms with E-state index in [0.717, 1.165) is 22.8 Å². The van der Waals surface area contributed by atoms with Gasteiger partial charge in [0.15, 0.2) is 5.82 Å². The van der Waals surface area contributed by atoms with Crippen LogP contribution in [-0.2, 0) is 11.8 Å². The van der Waals surface area contributed by atoms with Crippen molar-refractivity contribution >= 4 is 5.97 Å². The first-order valence-electron chi connectivity index (χ1n) is 8.59. The number of carboxylic acids is 1. The third kappa shape index (κ3) is 2.70. The highest BCUT2D eigenvalue weighted by atomic mass is 16.4. The van der Waals surface area contributed by atoms with Crippen LogP contribution in [0.25, 0.3) is 22.8 Å². The number of aromatic nitrogens is 4. The normalized spacial score (nSPS) is 20.5. The third-order valence-electron chi connectivity index (χ3n) is 5.08. The molecule has 3 aromatic rings. The topological polar surface area (TPSA) is 76.2 Å². The highest BCUT2D eigenvalue weighted by molar-refractivity contribution is 5.76. The summed E-state index contributed by atoms with van der Waals surface area (Å²) in [6.45, 7) is 0.666. The van der Waals surface area contributed by atoms with E-state index < -0.39 is 12.0 Å². The Labute approximate surface area is 151 Å². The van der Waals surface area contributed by atoms with E-state index in [2.05, 4.69) is 14.5 Å². The Morgan fingerprint density at radius 3 is 2.58 bits per heavy atom. The molecule has 1 N–H and O–H groups in total. The van der Waals surface area contributed by atoms with Crippen LogP contribution in [0.1, 0.15) is 12.5 Å². The number of aryl methyl sites for hydroxylation is 1. The monoisotopic (exact) mass is 351 g/mol. The number of aliphatic carboxylic acids is 1. The first-order chi connectivity index (χ1) is 12.6. The fourth-order valence-corrected chi connectivity index (χ4v) is 3.72. The van der Waals surface area contributed by atoms with E-state index >= 15 is 0 Å². The summed E-state index contributed by atoms with van der Waals surface area (Å²) in [5.41, 5.74) is 2.81. The number of carbonyl (C=O) groups is 1. The van der Waals surface area contributed by atoms with Crippen LogP contribution < -0.4 is 0 Å². The molecular formula is C19H21N5O2. The summed E-state index contributed by atoms with van der Waals surface area (Å²) in [7, 11) is 3.81. The van der Waals surface area contributed by atoms with Gasteiger partial charge in [-0.15, -0.1) is 0 Å². The van der Waals surface area contributed by atoms with Crippen LogP contribution in [0.5, 0.6) is 0 Å². The van der Waals surface area contributed by atoms with Crippen molar-refractivity contribution in [2.75, 3.05) is 13.6 Å². The van der Waals surface area contributed by atoms with Crippen molar-refractivity contribution in [1.82, 2.24) is 24.0 Å². The van der Waals surface area contributed by atoms with Gasteiger partial charge in [0.2, 0.25) is 0 Å². The smallest absolute Gasteiger partial charge is 0.320 e. The molecule has 7 nitrogen and oxygen atoms in total. The van der Waals surface area contributed by atoms with E-state index in [1.165, 1.54) is 0 Å². The maximum Gasteiger partial charge on any atom is 0.320 e. The molecule has 1 aliphatic heterocycles. The molecule has 1 fully saturated rings. The van der Waals surface area contributed by atoms with Gasteiger partial charge in [-0.3, -0.25) is 9.69 Å². The summed E-state index contributed by atoms with van der Waals surface area (Å²) in [4.78, 5) is 22.6. The molecule has 0 radical (unpaired) electrons. The van der Waals surface area contributed by atoms with E-state index in [4.69, 9.17) is 0 Å². The van der Waals surface area contributed by atoms with Crippen molar-refractivity contribution in [3.63, 3.8) is 0 Å². The number of nitrogens with zero attached hydrogens (tertiary/aromatic N) is 5. The molecule has 1 saturated heterocycles. The standard InChI is InChI=1S/C19H21N5O2/c1-22-9-8-20-18(22)17-16(13-6-4-3-5-7-13)21-12-24(17)14-10-15(19(25)26)23(2)11-14/h3-9,12,14-15H,10-11H2,1-2H3,(H,25,26)/t14-,15-/m0/s1. The van der Waals surface area contributed by atoms with Gasteiger partial charge in [-0.2, -0.15) is 0 Å². The summed E-state index contributed by atoms with van der Waals surface area (Å²) in [5, 5.41) is 9.45. The molecule has 0 aliphatic carbocycles. The SMILES string of the molecule is CN1C[C@@H](n2cnc(-c3ccccc3)c2-c2nccn2C)C[C@H]1C(=O)O. The van der Waals surface area contributed by atoms with E-state index in [0.29, 0.717) is 13.0 Å². The second-order valence-corrected chi connectivity index (χ2v) is 6.76. The zero-order valence-electron chi connectivity index (χ0n) is 14.8. The second kappa shape index (κ2) is 6.42. The molecule has 134 valence electrons. The van der Waals surface area contributed by atoms with E-state index in [1.807, 2.05) is 66.4 Å². The molecule has 1 aliphatic rings. The zero-order chi connectivity index (χ0) is 18.3. The maximum absolute atomic E-state index is 11.5. The number of hydrogen-bond donors (Lipinski definition) is 1. The Morgan fingerprint density at radius 1 is 1.19 bits per heavy atom. The summed E-state index contributed by atoms with van der Waals surface area (Å²) in [6.07, 6.45) is 6.04. The first kappa shape index (κ1) is 16.5. The fraction of sp³-hybridized carbons (Fsp3) is 0.316. The number of benzene rings is 1. The van der Waals surface area contributed by atoms with Gasteiger partial charge in [0.1, 0.15) is 11.7 Å². The van der Waals surface area contributed by atoms with Crippen LogP contribution in [0, 0.1) is 0 Å². The Morgan fingerprint density at radius 2 is 1.96 bits per heavy atom. The number of likely N-dealkylation sites (tertiary alicyclic amines) is 1. The van der Waals surface area contributed by atoms with Gasteiger partial charge in [-0.25, -0.2) is 9.97 Å². The summed E-state index contributed by atoms with van der Waals surface area (Å²) in [5.74, 6) is 0.0414. The molecule has 26 heavy (non-hydrogen) atoms. The van der Waals surface area contributed by atoms with Gasteiger partial charge in [0.25, 0.3) is 0 Å². The molecule has 0 amide bonds. The van der Waals surface area contributed by atoms with Gasteiger partial charge in [0, 0.05) is 31.5 Å². The van der Waals surface area contributed by atoms with Gasteiger partial charge in [-0.1, -0.05) is 30.3 Å². The average molecular weight is 351 g/mol. The summed E-state index contributed by atoms with van der Waals surface area (Å²) < 4.78 is 4.05. The van der Waals surface area contributed by atoms with Gasteiger partial charge in [-0.05, 0) is 13.5 Å². The lowest BCUT2D eigenvalue weighted by atomic mass is 10.1. The van der Waals surface area contributed by atoms with Crippen LogP contribution >= 0.6 is 0 Å². The Hall–Kier alpha value is -2.93. The molecule has 3 heterocycles. The molecule has 1 aromatic carbocycles. The van der Waals surface area contributed by atoms with Gasteiger partial charge in [0.05, 0.1) is 18.1 Å². The number of imidazole rings is 2. The van der Waals surface area contributed by atoms with Crippen molar-refractivity contribution in [1.29, 1.82) is 0 Å². The predicted octanol–water partition coefficient (Wildman–Crippen LogP) is 2.28. The fourth-order valence-electron chi connectivity index (χ4n) is 3.72. The average Bonchev–Trinajstić information content (AvgIpc) is 3.33. The molecule has 0 saturated carbocycles. The van der Waals surface area contributed by atoms with E-state index in [-0.39, 0.29) is 6.04 Å². The zero-order valence-corrected chi connectivity index (χ0v) is 14.8. The lowest BCUT2D eigenvalue weighted by Crippen LogP contribution is -2.32. The predicted molar refractivity (Wildman–Crippen MR) is 97.6 cm³/mol. The lowest BCUT2D eigenvalue weighted by Gasteiger charge is -2.16. The number of hydrogen-bond acceptors (Lipinski definition) is 4. The minimum atomic E-state index is -0.781. The largest absolute Gasteiger partial charge is 0.480 e. The summed E-state index contributed by atoms with van der Waals surface area (Å²) >= 11 is 0. The van der Waals surface area contributed by atoms with Crippen LogP contribution in [-0.4, -0.2) is 54.7 Å². The molecule has 0 spiro atoms. The maximum atomic E-state index is 11.5. The second-order valence-electron chi connectivity index (χ2n) is 6.76. The van der Waals surface area contributed by atoms with Crippen LogP contribution in [0.3, 0.4) is 0 Å². The van der Waals surface area contributed by atoms with Crippen molar-refractivity contribution in [2.24, 2.45) is 7.05 Å². The lowest BCUT2D eigenvalue weighted by molar-refractivity contribution is -0.141. The van der Waals surface area contributed by atoms with Crippen molar-refractivity contribution in [3.8, 4) is 22.8 Å². The first-order valence-corrected chi connectivity index (χ1v) is 8.59. The molecule has 4 rings (SSSR count). The van der Waals surface area contributed by atoms with Crippen LogP contribution in [0.2, 0.25) is 0 Å². The van der Waals surface area contributed by atoms with Crippen LogP contribution in [0.15, 0.2) is 49.1 Å². The number of rotatable bonds is 4. The Bertz CT molecular complexity index is 931. The quantitative estimate of drug-likeness (QED) is 0.780. The highest BCUT2D eigenvalue weighted by Gasteiger charge is 2.37. The molecule has 2 aromatic heterocycles. The molecule has 0 bridgehead atoms. The molecule has 2 atom stereocenters. The van der Waals surface area contributed by atoms with E-state index in [1.54, 1.807) is 6.20 Å². The highest BCUT2D eigenvalue weighted by Crippen LogP contribution is 2.36. The number of likely N-dealkylation sites (N-methyl/N-ethyl adjacent to an activating group) is 1. The van der Waals surface area contributed by atoms with Gasteiger partial charge < -0.3 is 14.2 Å². The van der Waals surface area contributed by atoms with Crippen molar-refractivity contribution in [2.45, 2.75) is 18.5 Å². The van der Waals surface area contributed by atoms with Crippen molar-refractivity contribution in [3.05, 3.63) is 49.1 Å². The number of carboxylic acid groups (broad SMARTS) is 1. The Balaban J connectivity index is 1.83. The molecular weight excluding hydrogens is 330 g/mol. The van der Waals surface area contributed by atoms with E-state index in [9.17, 15) is 9.90 Å². The third-order valence-corrected chi connectivity index (χ3v) is 5.08. The molecule has 7 heteroatoms. The summed E-state index contributed by atoms with van der Waals surface area (Å²) in [6, 6.07) is 9.57. The minimum absolute atomic E-state index is 0.0396. The Kier molecular flexibility index (Phi) is 4.08.